The van der Waals surface area contributed by atoms with Gasteiger partial charge in [0, 0.05) is 12.7 Å². The van der Waals surface area contributed by atoms with Crippen molar-refractivity contribution in [2.45, 2.75) is 18.6 Å². The Morgan fingerprint density at radius 2 is 2.00 bits per heavy atom. The van der Waals surface area contributed by atoms with Crippen LogP contribution in [0.5, 0.6) is 0 Å². The van der Waals surface area contributed by atoms with Crippen LogP contribution >= 0.6 is 11.8 Å². The standard InChI is InChI=1S/C23H25N3O4S/c1-30-21(20-13-24-14-25-20)16-8-9-17(18(12-16)15-6-4-3-5-7-15)22(27)26-19(23(28)29)10-11-31-2/h3-9,12-14,19,21H,10-11H2,1-2H3,(H,24,25)(H,26,27)(H,28,29)/t19-,21?/m0/s1. The summed E-state index contributed by atoms with van der Waals surface area (Å²) < 4.78 is 5.66. The van der Waals surface area contributed by atoms with Crippen molar-refractivity contribution in [3.8, 4) is 11.1 Å². The van der Waals surface area contributed by atoms with Crippen molar-refractivity contribution in [2.24, 2.45) is 0 Å². The normalized spacial score (nSPS) is 12.8. The fourth-order valence-electron chi connectivity index (χ4n) is 3.36. The van der Waals surface area contributed by atoms with E-state index in [0.29, 0.717) is 23.3 Å². The molecule has 8 heteroatoms. The molecule has 0 aliphatic rings. The number of benzene rings is 2. The number of aromatic nitrogens is 2. The molecule has 1 heterocycles. The number of nitrogens with one attached hydrogen (secondary N) is 2. The molecule has 0 bridgehead atoms. The second-order valence-corrected chi connectivity index (χ2v) is 7.93. The largest absolute Gasteiger partial charge is 0.480 e. The van der Waals surface area contributed by atoms with Gasteiger partial charge in [0.15, 0.2) is 0 Å². The van der Waals surface area contributed by atoms with Crippen LogP contribution in [0.4, 0.5) is 0 Å². The second-order valence-electron chi connectivity index (χ2n) is 6.94. The molecule has 1 amide bonds. The van der Waals surface area contributed by atoms with Crippen molar-refractivity contribution in [1.29, 1.82) is 0 Å². The van der Waals surface area contributed by atoms with Gasteiger partial charge in [-0.25, -0.2) is 9.78 Å². The molecule has 2 atom stereocenters. The average molecular weight is 440 g/mol. The number of ether oxygens (including phenoxy) is 1. The molecular formula is C23H25N3O4S. The van der Waals surface area contributed by atoms with Crippen LogP contribution in [0.2, 0.25) is 0 Å². The van der Waals surface area contributed by atoms with Gasteiger partial charge >= 0.3 is 5.97 Å². The van der Waals surface area contributed by atoms with Gasteiger partial charge in [0.2, 0.25) is 0 Å². The summed E-state index contributed by atoms with van der Waals surface area (Å²) >= 11 is 1.54. The number of hydrogen-bond donors (Lipinski definition) is 3. The number of thioether (sulfide) groups is 1. The average Bonchev–Trinajstić information content (AvgIpc) is 3.32. The number of rotatable bonds is 10. The van der Waals surface area contributed by atoms with E-state index >= 15 is 0 Å². The maximum absolute atomic E-state index is 13.1. The van der Waals surface area contributed by atoms with E-state index in [1.54, 1.807) is 25.7 Å². The summed E-state index contributed by atoms with van der Waals surface area (Å²) in [5.41, 5.74) is 3.60. The fourth-order valence-corrected chi connectivity index (χ4v) is 3.83. The summed E-state index contributed by atoms with van der Waals surface area (Å²) in [7, 11) is 1.61. The number of H-pyrrole nitrogens is 1. The number of carbonyl (C=O) groups is 2. The number of carbonyl (C=O) groups excluding carboxylic acids is 1. The quantitative estimate of drug-likeness (QED) is 0.444. The highest BCUT2D eigenvalue weighted by Gasteiger charge is 2.23. The summed E-state index contributed by atoms with van der Waals surface area (Å²) in [4.78, 5) is 31.8. The Kier molecular flexibility index (Phi) is 7.86. The summed E-state index contributed by atoms with van der Waals surface area (Å²) in [6.45, 7) is 0. The zero-order chi connectivity index (χ0) is 22.2. The first-order chi connectivity index (χ1) is 15.0. The first-order valence-electron chi connectivity index (χ1n) is 9.78. The van der Waals surface area contributed by atoms with E-state index in [9.17, 15) is 14.7 Å². The third kappa shape index (κ3) is 5.53. The third-order valence-electron chi connectivity index (χ3n) is 4.93. The van der Waals surface area contributed by atoms with E-state index in [0.717, 1.165) is 16.8 Å². The molecule has 162 valence electrons. The summed E-state index contributed by atoms with van der Waals surface area (Å²) in [6.07, 6.45) is 5.16. The molecule has 1 unspecified atom stereocenters. The Labute approximate surface area is 185 Å². The third-order valence-corrected chi connectivity index (χ3v) is 5.57. The maximum atomic E-state index is 13.1. The molecular weight excluding hydrogens is 414 g/mol. The van der Waals surface area contributed by atoms with Gasteiger partial charge in [-0.1, -0.05) is 36.4 Å². The molecule has 0 spiro atoms. The Morgan fingerprint density at radius 3 is 2.61 bits per heavy atom. The van der Waals surface area contributed by atoms with Crippen LogP contribution in [0.1, 0.15) is 34.1 Å². The van der Waals surface area contributed by atoms with Gasteiger partial charge in [0.25, 0.3) is 5.91 Å². The molecule has 1 aromatic heterocycles. The van der Waals surface area contributed by atoms with E-state index < -0.39 is 17.9 Å². The molecule has 0 saturated carbocycles. The lowest BCUT2D eigenvalue weighted by Gasteiger charge is -2.19. The highest BCUT2D eigenvalue weighted by Crippen LogP contribution is 2.31. The van der Waals surface area contributed by atoms with Crippen LogP contribution in [0, 0.1) is 0 Å². The summed E-state index contributed by atoms with van der Waals surface area (Å²) in [6, 6.07) is 14.0. The van der Waals surface area contributed by atoms with Gasteiger partial charge in [-0.2, -0.15) is 11.8 Å². The van der Waals surface area contributed by atoms with Gasteiger partial charge < -0.3 is 20.1 Å². The number of methoxy groups -OCH3 is 1. The summed E-state index contributed by atoms with van der Waals surface area (Å²) in [5, 5.41) is 12.2. The van der Waals surface area contributed by atoms with Gasteiger partial charge in [0.05, 0.1) is 18.2 Å². The molecule has 0 aliphatic heterocycles. The zero-order valence-electron chi connectivity index (χ0n) is 17.4. The highest BCUT2D eigenvalue weighted by atomic mass is 32.2. The van der Waals surface area contributed by atoms with E-state index in [2.05, 4.69) is 15.3 Å². The van der Waals surface area contributed by atoms with Crippen LogP contribution in [-0.2, 0) is 9.53 Å². The molecule has 0 fully saturated rings. The van der Waals surface area contributed by atoms with E-state index in [1.807, 2.05) is 48.7 Å². The number of imidazole rings is 1. The Balaban J connectivity index is 1.99. The number of nitrogens with zero attached hydrogens (tertiary/aromatic N) is 1. The number of carboxylic acids is 1. The minimum Gasteiger partial charge on any atom is -0.480 e. The zero-order valence-corrected chi connectivity index (χ0v) is 18.2. The van der Waals surface area contributed by atoms with Crippen molar-refractivity contribution >= 4 is 23.6 Å². The number of hydrogen-bond acceptors (Lipinski definition) is 5. The molecule has 7 nitrogen and oxygen atoms in total. The molecule has 2 aromatic carbocycles. The molecule has 0 aliphatic carbocycles. The van der Waals surface area contributed by atoms with Crippen LogP contribution < -0.4 is 5.32 Å². The molecule has 3 aromatic rings. The molecule has 0 radical (unpaired) electrons. The topological polar surface area (TPSA) is 104 Å². The molecule has 31 heavy (non-hydrogen) atoms. The van der Waals surface area contributed by atoms with Gasteiger partial charge in [-0.05, 0) is 47.3 Å². The monoisotopic (exact) mass is 439 g/mol. The van der Waals surface area contributed by atoms with Gasteiger partial charge in [-0.3, -0.25) is 4.79 Å². The lowest BCUT2D eigenvalue weighted by molar-refractivity contribution is -0.139. The summed E-state index contributed by atoms with van der Waals surface area (Å²) in [5.74, 6) is -0.824. The predicted octanol–water partition coefficient (Wildman–Crippen LogP) is 3.75. The van der Waals surface area contributed by atoms with Crippen LogP contribution in [0.15, 0.2) is 61.1 Å². The Hall–Kier alpha value is -3.10. The van der Waals surface area contributed by atoms with Gasteiger partial charge in [0.1, 0.15) is 12.1 Å². The minimum absolute atomic E-state index is 0.354. The molecule has 0 saturated heterocycles. The number of aromatic amines is 1. The lowest BCUT2D eigenvalue weighted by Crippen LogP contribution is -2.41. The van der Waals surface area contributed by atoms with E-state index in [1.165, 1.54) is 11.8 Å². The first-order valence-corrected chi connectivity index (χ1v) is 11.2. The maximum Gasteiger partial charge on any atom is 0.326 e. The van der Waals surface area contributed by atoms with Crippen molar-refractivity contribution < 1.29 is 19.4 Å². The van der Waals surface area contributed by atoms with E-state index in [4.69, 9.17) is 4.74 Å². The van der Waals surface area contributed by atoms with E-state index in [-0.39, 0.29) is 6.10 Å². The minimum atomic E-state index is -1.04. The van der Waals surface area contributed by atoms with Crippen LogP contribution in [-0.4, -0.2) is 52.1 Å². The lowest BCUT2D eigenvalue weighted by atomic mass is 9.94. The SMILES string of the molecule is COC(c1ccc(C(=O)N[C@@H](CCSC)C(=O)O)c(-c2ccccc2)c1)c1cnc[nH]1. The Morgan fingerprint density at radius 1 is 1.23 bits per heavy atom. The fraction of sp³-hybridized carbons (Fsp3) is 0.261. The Bertz CT molecular complexity index is 1010. The first kappa shape index (κ1) is 22.6. The van der Waals surface area contributed by atoms with Crippen molar-refractivity contribution in [1.82, 2.24) is 15.3 Å². The number of amides is 1. The highest BCUT2D eigenvalue weighted by molar-refractivity contribution is 7.98. The molecule has 3 N–H and O–H groups in total. The van der Waals surface area contributed by atoms with Crippen molar-refractivity contribution in [3.63, 3.8) is 0 Å². The van der Waals surface area contributed by atoms with Gasteiger partial charge in [-0.15, -0.1) is 0 Å². The molecule has 3 rings (SSSR count). The van der Waals surface area contributed by atoms with Crippen LogP contribution in [0.25, 0.3) is 11.1 Å². The number of carboxylic acid groups (broad SMARTS) is 1. The van der Waals surface area contributed by atoms with Crippen molar-refractivity contribution in [2.75, 3.05) is 19.1 Å². The second kappa shape index (κ2) is 10.8. The number of aliphatic carboxylic acids is 1. The predicted molar refractivity (Wildman–Crippen MR) is 121 cm³/mol. The van der Waals surface area contributed by atoms with Crippen LogP contribution in [0.3, 0.4) is 0 Å². The van der Waals surface area contributed by atoms with Crippen molar-refractivity contribution in [3.05, 3.63) is 77.9 Å². The smallest absolute Gasteiger partial charge is 0.326 e.